The van der Waals surface area contributed by atoms with Crippen LogP contribution in [0.3, 0.4) is 0 Å². The molecule has 1 unspecified atom stereocenters. The third-order valence-electron chi connectivity index (χ3n) is 4.03. The van der Waals surface area contributed by atoms with Gasteiger partial charge < -0.3 is 10.4 Å². The molecule has 1 amide bonds. The predicted octanol–water partition coefficient (Wildman–Crippen LogP) is 3.96. The summed E-state index contributed by atoms with van der Waals surface area (Å²) in [7, 11) is 0. The molecule has 2 aromatic carbocycles. The number of thioether (sulfide) groups is 1. The number of hydrogen-bond donors (Lipinski definition) is 2. The standard InChI is InChI=1S/C18H15N3O2S2/c22-14-8-4-2-6-12(14)17-20-21-18(25-17)24-15-10-9-11-5-1-3-7-13(11)19-16(15)23/h1-8,15,22H,9-10H2,(H,19,23). The summed E-state index contributed by atoms with van der Waals surface area (Å²) in [6.45, 7) is 0. The van der Waals surface area contributed by atoms with Crippen molar-refractivity contribution in [2.75, 3.05) is 5.32 Å². The Morgan fingerprint density at radius 2 is 1.92 bits per heavy atom. The van der Waals surface area contributed by atoms with Gasteiger partial charge in [0, 0.05) is 5.69 Å². The van der Waals surface area contributed by atoms with Crippen LogP contribution in [-0.2, 0) is 11.2 Å². The Balaban J connectivity index is 1.52. The fourth-order valence-corrected chi connectivity index (χ4v) is 4.87. The smallest absolute Gasteiger partial charge is 0.237 e. The Kier molecular flexibility index (Phi) is 4.42. The maximum atomic E-state index is 12.5. The van der Waals surface area contributed by atoms with Crippen LogP contribution in [0, 0.1) is 0 Å². The lowest BCUT2D eigenvalue weighted by molar-refractivity contribution is -0.115. The first kappa shape index (κ1) is 16.1. The number of fused-ring (bicyclic) bond motifs is 1. The Bertz CT molecular complexity index is 926. The van der Waals surface area contributed by atoms with E-state index in [-0.39, 0.29) is 16.9 Å². The van der Waals surface area contributed by atoms with Crippen LogP contribution < -0.4 is 5.32 Å². The molecule has 0 bridgehead atoms. The molecular weight excluding hydrogens is 354 g/mol. The molecule has 5 nitrogen and oxygen atoms in total. The lowest BCUT2D eigenvalue weighted by Crippen LogP contribution is -2.23. The summed E-state index contributed by atoms with van der Waals surface area (Å²) < 4.78 is 0.726. The number of amides is 1. The van der Waals surface area contributed by atoms with E-state index in [2.05, 4.69) is 15.5 Å². The van der Waals surface area contributed by atoms with Crippen molar-refractivity contribution >= 4 is 34.7 Å². The number of hydrogen-bond acceptors (Lipinski definition) is 6. The fraction of sp³-hybridized carbons (Fsp3) is 0.167. The van der Waals surface area contributed by atoms with Gasteiger partial charge in [0.25, 0.3) is 0 Å². The Hall–Kier alpha value is -2.38. The van der Waals surface area contributed by atoms with E-state index in [9.17, 15) is 9.90 Å². The molecule has 2 heterocycles. The molecule has 0 spiro atoms. The number of carbonyl (C=O) groups is 1. The number of nitrogens with zero attached hydrogens (tertiary/aromatic N) is 2. The first-order valence-corrected chi connectivity index (χ1v) is 9.57. The lowest BCUT2D eigenvalue weighted by atomic mass is 10.1. The van der Waals surface area contributed by atoms with Crippen LogP contribution in [0.15, 0.2) is 52.9 Å². The number of carbonyl (C=O) groups excluding carboxylic acids is 1. The van der Waals surface area contributed by atoms with E-state index < -0.39 is 0 Å². The Morgan fingerprint density at radius 1 is 1.12 bits per heavy atom. The van der Waals surface area contributed by atoms with E-state index in [0.29, 0.717) is 10.6 Å². The van der Waals surface area contributed by atoms with Crippen molar-refractivity contribution in [3.63, 3.8) is 0 Å². The van der Waals surface area contributed by atoms with Crippen LogP contribution in [-0.4, -0.2) is 26.5 Å². The second kappa shape index (κ2) is 6.85. The highest BCUT2D eigenvalue weighted by atomic mass is 32.2. The normalized spacial score (nSPS) is 16.8. The van der Waals surface area contributed by atoms with Crippen molar-refractivity contribution in [2.45, 2.75) is 22.4 Å². The second-order valence-electron chi connectivity index (χ2n) is 5.68. The number of nitrogens with one attached hydrogen (secondary N) is 1. The van der Waals surface area contributed by atoms with Gasteiger partial charge in [0.2, 0.25) is 5.91 Å². The molecular formula is C18H15N3O2S2. The minimum atomic E-state index is -0.211. The van der Waals surface area contributed by atoms with Crippen molar-refractivity contribution < 1.29 is 9.90 Å². The number of aromatic hydroxyl groups is 1. The number of phenols is 1. The average molecular weight is 369 g/mol. The maximum absolute atomic E-state index is 12.5. The van der Waals surface area contributed by atoms with E-state index in [0.717, 1.165) is 28.4 Å². The number of para-hydroxylation sites is 2. The SMILES string of the molecule is O=C1Nc2ccccc2CCC1Sc1nnc(-c2ccccc2O)s1. The van der Waals surface area contributed by atoms with Crippen LogP contribution >= 0.6 is 23.1 Å². The van der Waals surface area contributed by atoms with Crippen LogP contribution in [0.2, 0.25) is 0 Å². The molecule has 1 aliphatic heterocycles. The molecule has 2 N–H and O–H groups in total. The monoisotopic (exact) mass is 369 g/mol. The lowest BCUT2D eigenvalue weighted by Gasteiger charge is -2.10. The van der Waals surface area contributed by atoms with Gasteiger partial charge in [-0.05, 0) is 36.6 Å². The van der Waals surface area contributed by atoms with E-state index in [1.165, 1.54) is 23.1 Å². The number of aryl methyl sites for hydroxylation is 1. The van der Waals surface area contributed by atoms with Crippen molar-refractivity contribution in [3.05, 3.63) is 54.1 Å². The zero-order chi connectivity index (χ0) is 17.2. The predicted molar refractivity (Wildman–Crippen MR) is 100 cm³/mol. The topological polar surface area (TPSA) is 75.1 Å². The van der Waals surface area contributed by atoms with Crippen molar-refractivity contribution in [2.24, 2.45) is 0 Å². The third kappa shape index (κ3) is 3.38. The largest absolute Gasteiger partial charge is 0.507 e. The zero-order valence-electron chi connectivity index (χ0n) is 13.2. The van der Waals surface area contributed by atoms with Gasteiger partial charge in [-0.15, -0.1) is 10.2 Å². The highest BCUT2D eigenvalue weighted by Crippen LogP contribution is 2.37. The van der Waals surface area contributed by atoms with Crippen LogP contribution in [0.5, 0.6) is 5.75 Å². The quantitative estimate of drug-likeness (QED) is 0.731. The van der Waals surface area contributed by atoms with Gasteiger partial charge in [-0.1, -0.05) is 53.4 Å². The number of benzene rings is 2. The molecule has 1 aromatic heterocycles. The van der Waals surface area contributed by atoms with E-state index >= 15 is 0 Å². The summed E-state index contributed by atoms with van der Waals surface area (Å²) in [6.07, 6.45) is 1.59. The molecule has 0 fully saturated rings. The second-order valence-corrected chi connectivity index (χ2v) is 8.11. The molecule has 0 aliphatic carbocycles. The average Bonchev–Trinajstić information content (AvgIpc) is 3.01. The van der Waals surface area contributed by atoms with Gasteiger partial charge in [0.1, 0.15) is 5.75 Å². The van der Waals surface area contributed by atoms with Crippen LogP contribution in [0.4, 0.5) is 5.69 Å². The first-order chi connectivity index (χ1) is 12.2. The Labute approximate surface area is 153 Å². The molecule has 25 heavy (non-hydrogen) atoms. The highest BCUT2D eigenvalue weighted by molar-refractivity contribution is 8.02. The summed E-state index contributed by atoms with van der Waals surface area (Å²) in [4.78, 5) is 12.5. The highest BCUT2D eigenvalue weighted by Gasteiger charge is 2.26. The van der Waals surface area contributed by atoms with Gasteiger partial charge in [0.15, 0.2) is 9.35 Å². The number of phenolic OH excluding ortho intramolecular Hbond substituents is 1. The minimum absolute atomic E-state index is 0.00532. The summed E-state index contributed by atoms with van der Waals surface area (Å²) in [6, 6.07) is 14.9. The van der Waals surface area contributed by atoms with Crippen molar-refractivity contribution in [1.82, 2.24) is 10.2 Å². The molecule has 1 atom stereocenters. The maximum Gasteiger partial charge on any atom is 0.237 e. The van der Waals surface area contributed by atoms with Crippen LogP contribution in [0.25, 0.3) is 10.6 Å². The van der Waals surface area contributed by atoms with Gasteiger partial charge in [-0.3, -0.25) is 4.79 Å². The van der Waals surface area contributed by atoms with E-state index in [4.69, 9.17) is 0 Å². The number of aromatic nitrogens is 2. The van der Waals surface area contributed by atoms with E-state index in [1.807, 2.05) is 30.3 Å². The zero-order valence-corrected chi connectivity index (χ0v) is 14.8. The van der Waals surface area contributed by atoms with Crippen molar-refractivity contribution in [3.8, 4) is 16.3 Å². The molecule has 0 radical (unpaired) electrons. The molecule has 126 valence electrons. The van der Waals surface area contributed by atoms with Crippen molar-refractivity contribution in [1.29, 1.82) is 0 Å². The molecule has 0 saturated heterocycles. The van der Waals surface area contributed by atoms with Gasteiger partial charge in [0.05, 0.1) is 10.8 Å². The molecule has 3 aromatic rings. The van der Waals surface area contributed by atoms with Crippen LogP contribution in [0.1, 0.15) is 12.0 Å². The third-order valence-corrected chi connectivity index (χ3v) is 6.33. The van der Waals surface area contributed by atoms with Gasteiger partial charge >= 0.3 is 0 Å². The first-order valence-electron chi connectivity index (χ1n) is 7.88. The van der Waals surface area contributed by atoms with E-state index in [1.54, 1.807) is 18.2 Å². The summed E-state index contributed by atoms with van der Waals surface area (Å²) in [5.74, 6) is 0.173. The van der Waals surface area contributed by atoms with Gasteiger partial charge in [-0.2, -0.15) is 0 Å². The van der Waals surface area contributed by atoms with Gasteiger partial charge in [-0.25, -0.2) is 0 Å². The fourth-order valence-electron chi connectivity index (χ4n) is 2.75. The molecule has 0 saturated carbocycles. The molecule has 1 aliphatic rings. The number of rotatable bonds is 3. The molecule has 4 rings (SSSR count). The summed E-state index contributed by atoms with van der Waals surface area (Å²) in [5, 5.41) is 21.7. The minimum Gasteiger partial charge on any atom is -0.507 e. The number of anilines is 1. The Morgan fingerprint density at radius 3 is 2.80 bits per heavy atom. The summed E-state index contributed by atoms with van der Waals surface area (Å²) in [5.41, 5.74) is 2.71. The molecule has 7 heteroatoms. The summed E-state index contributed by atoms with van der Waals surface area (Å²) >= 11 is 2.82.